The first-order valence-electron chi connectivity index (χ1n) is 11.3. The Balaban J connectivity index is 1.37. The molecule has 5 heterocycles. The van der Waals surface area contributed by atoms with Crippen LogP contribution in [0.2, 0.25) is 5.02 Å². The standard InChI is InChI=1S/C23H28ClN3O4/c1-13-7-8-18-14(2)20(27-12-19(25-26-27)15-5-4-6-16(24)11-15)28-21-23(18)17(13)9-10-22(3,29-21)30-31-23/h4-6,11-14,17-18,20-21H,7-10H2,1-3H3/t13-,14+,17+,18+,20+,21-,22+,23-/m1/s1. The van der Waals surface area contributed by atoms with Gasteiger partial charge in [0.1, 0.15) is 5.69 Å². The normalized spacial score (nSPS) is 44.0. The zero-order chi connectivity index (χ0) is 21.4. The molecule has 7 rings (SSSR count). The van der Waals surface area contributed by atoms with Gasteiger partial charge in [0.05, 0.1) is 6.20 Å². The van der Waals surface area contributed by atoms with E-state index >= 15 is 0 Å². The van der Waals surface area contributed by atoms with Gasteiger partial charge in [-0.25, -0.2) is 14.5 Å². The highest BCUT2D eigenvalue weighted by molar-refractivity contribution is 6.30. The number of fused-ring (bicyclic) bond motifs is 2. The second-order valence-electron chi connectivity index (χ2n) is 9.89. The second-order valence-corrected chi connectivity index (χ2v) is 10.3. The number of hydrogen-bond acceptors (Lipinski definition) is 6. The Bertz CT molecular complexity index is 1000. The van der Waals surface area contributed by atoms with Crippen molar-refractivity contribution in [1.29, 1.82) is 0 Å². The van der Waals surface area contributed by atoms with Crippen molar-refractivity contribution in [2.45, 2.75) is 70.4 Å². The zero-order valence-corrected chi connectivity index (χ0v) is 18.8. The number of nitrogens with zero attached hydrogens (tertiary/aromatic N) is 3. The van der Waals surface area contributed by atoms with E-state index in [1.807, 2.05) is 42.1 Å². The lowest BCUT2D eigenvalue weighted by molar-refractivity contribution is -0.574. The van der Waals surface area contributed by atoms with Crippen molar-refractivity contribution in [3.8, 4) is 11.3 Å². The van der Waals surface area contributed by atoms with E-state index in [0.29, 0.717) is 16.9 Å². The SMILES string of the molecule is C[C@@H]1[C@@H](n2cc(-c3cccc(Cl)c3)nn2)O[C@@H]2O[C@]3(C)CC[C@H]4[C@H](C)CC[C@@H]1[C@@]24OO3. The fraction of sp³-hybridized carbons (Fsp3) is 0.652. The minimum absolute atomic E-state index is 0.162. The van der Waals surface area contributed by atoms with Crippen molar-refractivity contribution in [2.24, 2.45) is 23.7 Å². The number of hydrogen-bond donors (Lipinski definition) is 0. The summed E-state index contributed by atoms with van der Waals surface area (Å²) < 4.78 is 14.9. The fourth-order valence-corrected chi connectivity index (χ4v) is 6.56. The Morgan fingerprint density at radius 3 is 2.84 bits per heavy atom. The third-order valence-corrected chi connectivity index (χ3v) is 8.25. The van der Waals surface area contributed by atoms with Crippen LogP contribution in [0.25, 0.3) is 11.3 Å². The molecule has 1 aromatic heterocycles. The Labute approximate surface area is 186 Å². The lowest BCUT2D eigenvalue weighted by Gasteiger charge is -2.60. The lowest BCUT2D eigenvalue weighted by atomic mass is 9.58. The van der Waals surface area contributed by atoms with Crippen LogP contribution in [0, 0.1) is 23.7 Å². The smallest absolute Gasteiger partial charge is 0.201 e. The molecule has 2 aromatic rings. The number of aromatic nitrogens is 3. The minimum Gasteiger partial charge on any atom is -0.324 e. The summed E-state index contributed by atoms with van der Waals surface area (Å²) in [6.07, 6.45) is 5.20. The molecule has 4 saturated heterocycles. The van der Waals surface area contributed by atoms with E-state index in [4.69, 9.17) is 30.8 Å². The Morgan fingerprint density at radius 2 is 2.00 bits per heavy atom. The Kier molecular flexibility index (Phi) is 4.54. The second kappa shape index (κ2) is 6.99. The van der Waals surface area contributed by atoms with Crippen LogP contribution in [-0.4, -0.2) is 32.7 Å². The van der Waals surface area contributed by atoms with Crippen LogP contribution in [0.15, 0.2) is 30.5 Å². The van der Waals surface area contributed by atoms with Gasteiger partial charge >= 0.3 is 0 Å². The molecule has 0 unspecified atom stereocenters. The minimum atomic E-state index is -0.781. The van der Waals surface area contributed by atoms with Crippen molar-refractivity contribution >= 4 is 11.6 Å². The monoisotopic (exact) mass is 445 g/mol. The van der Waals surface area contributed by atoms with Gasteiger partial charge in [0.2, 0.25) is 5.79 Å². The summed E-state index contributed by atoms with van der Waals surface area (Å²) in [6, 6.07) is 7.63. The van der Waals surface area contributed by atoms with E-state index in [2.05, 4.69) is 24.2 Å². The molecule has 166 valence electrons. The van der Waals surface area contributed by atoms with Gasteiger partial charge in [0, 0.05) is 28.8 Å². The first kappa shape index (κ1) is 20.1. The summed E-state index contributed by atoms with van der Waals surface area (Å²) in [5.41, 5.74) is 1.13. The Morgan fingerprint density at radius 1 is 1.13 bits per heavy atom. The lowest BCUT2D eigenvalue weighted by Crippen LogP contribution is -2.69. The van der Waals surface area contributed by atoms with Gasteiger partial charge in [0.15, 0.2) is 18.1 Å². The predicted octanol–water partition coefficient (Wildman–Crippen LogP) is 4.98. The number of rotatable bonds is 2. The quantitative estimate of drug-likeness (QED) is 0.607. The van der Waals surface area contributed by atoms with E-state index in [-0.39, 0.29) is 18.1 Å². The number of benzene rings is 1. The van der Waals surface area contributed by atoms with Crippen LogP contribution >= 0.6 is 11.6 Å². The summed E-state index contributed by atoms with van der Waals surface area (Å²) in [5.74, 6) is 0.520. The van der Waals surface area contributed by atoms with Gasteiger partial charge in [-0.2, -0.15) is 0 Å². The molecule has 31 heavy (non-hydrogen) atoms. The molecule has 8 heteroatoms. The largest absolute Gasteiger partial charge is 0.324 e. The van der Waals surface area contributed by atoms with Crippen molar-refractivity contribution in [3.05, 3.63) is 35.5 Å². The van der Waals surface area contributed by atoms with Gasteiger partial charge in [-0.1, -0.05) is 42.8 Å². The molecule has 7 nitrogen and oxygen atoms in total. The Hall–Kier alpha value is -1.51. The molecule has 1 spiro atoms. The van der Waals surface area contributed by atoms with Gasteiger partial charge in [-0.15, -0.1) is 5.10 Å². The summed E-state index contributed by atoms with van der Waals surface area (Å²) in [5, 5.41) is 9.49. The van der Waals surface area contributed by atoms with Crippen LogP contribution < -0.4 is 0 Å². The average Bonchev–Trinajstić information content (AvgIpc) is 3.13. The molecule has 4 aliphatic heterocycles. The maximum atomic E-state index is 6.62. The third kappa shape index (κ3) is 2.94. The van der Waals surface area contributed by atoms with Crippen molar-refractivity contribution < 1.29 is 19.2 Å². The van der Waals surface area contributed by atoms with Gasteiger partial charge < -0.3 is 9.47 Å². The summed E-state index contributed by atoms with van der Waals surface area (Å²) in [4.78, 5) is 12.1. The van der Waals surface area contributed by atoms with Crippen molar-refractivity contribution in [3.63, 3.8) is 0 Å². The molecule has 0 N–H and O–H groups in total. The highest BCUT2D eigenvalue weighted by atomic mass is 35.5. The average molecular weight is 446 g/mol. The summed E-state index contributed by atoms with van der Waals surface area (Å²) >= 11 is 6.16. The topological polar surface area (TPSA) is 67.6 Å². The zero-order valence-electron chi connectivity index (χ0n) is 18.0. The van der Waals surface area contributed by atoms with Crippen LogP contribution in [-0.2, 0) is 19.2 Å². The molecule has 1 saturated carbocycles. The molecule has 2 bridgehead atoms. The highest BCUT2D eigenvalue weighted by Crippen LogP contribution is 2.61. The maximum Gasteiger partial charge on any atom is 0.201 e. The van der Waals surface area contributed by atoms with Gasteiger partial charge in [-0.05, 0) is 50.2 Å². The van der Waals surface area contributed by atoms with Crippen LogP contribution in [0.3, 0.4) is 0 Å². The molecule has 1 aromatic carbocycles. The first-order valence-corrected chi connectivity index (χ1v) is 11.7. The maximum absolute atomic E-state index is 6.62. The van der Waals surface area contributed by atoms with Crippen LogP contribution in [0.5, 0.6) is 0 Å². The molecule has 1 aliphatic carbocycles. The van der Waals surface area contributed by atoms with Crippen molar-refractivity contribution in [1.82, 2.24) is 15.0 Å². The van der Waals surface area contributed by atoms with Gasteiger partial charge in [0.25, 0.3) is 0 Å². The molecule has 5 aliphatic rings. The van der Waals surface area contributed by atoms with E-state index < -0.39 is 17.7 Å². The first-order chi connectivity index (χ1) is 14.9. The highest BCUT2D eigenvalue weighted by Gasteiger charge is 2.69. The molecule has 5 fully saturated rings. The van der Waals surface area contributed by atoms with Crippen molar-refractivity contribution in [2.75, 3.05) is 0 Å². The summed E-state index contributed by atoms with van der Waals surface area (Å²) in [7, 11) is 0. The molecular weight excluding hydrogens is 418 g/mol. The fourth-order valence-electron chi connectivity index (χ4n) is 6.37. The van der Waals surface area contributed by atoms with E-state index in [0.717, 1.165) is 30.5 Å². The van der Waals surface area contributed by atoms with E-state index in [1.165, 1.54) is 6.42 Å². The predicted molar refractivity (Wildman–Crippen MR) is 113 cm³/mol. The van der Waals surface area contributed by atoms with Crippen LogP contribution in [0.4, 0.5) is 0 Å². The molecule has 8 atom stereocenters. The van der Waals surface area contributed by atoms with Crippen LogP contribution in [0.1, 0.15) is 52.7 Å². The summed E-state index contributed by atoms with van der Waals surface area (Å²) in [6.45, 7) is 6.48. The number of halogens is 1. The molecule has 0 radical (unpaired) electrons. The molecular formula is C23H28ClN3O4. The number of ether oxygens (including phenoxy) is 2. The van der Waals surface area contributed by atoms with E-state index in [1.54, 1.807) is 0 Å². The van der Waals surface area contributed by atoms with E-state index in [9.17, 15) is 0 Å². The molecule has 0 amide bonds. The third-order valence-electron chi connectivity index (χ3n) is 8.01. The van der Waals surface area contributed by atoms with Gasteiger partial charge in [-0.3, -0.25) is 0 Å².